The standard InChI is InChI=1S/C25H38N2O5/c28-10-9-26-5-7-27(8-6-26)22(29)11-17-1-3-24(4-2-17)30-25(32-31-24)20-13-18-12-19-14-21(25)16-23(18,19)15-20/h17-21,28H,1-16H2. The zero-order valence-corrected chi connectivity index (χ0v) is 19.2. The molecule has 7 heteroatoms. The molecule has 0 aromatic heterocycles. The van der Waals surface area contributed by atoms with Crippen molar-refractivity contribution in [1.29, 1.82) is 0 Å². The van der Waals surface area contributed by atoms with E-state index in [0.29, 0.717) is 36.1 Å². The minimum Gasteiger partial charge on any atom is -0.395 e. The Balaban J connectivity index is 0.947. The van der Waals surface area contributed by atoms with Gasteiger partial charge in [0.1, 0.15) is 0 Å². The van der Waals surface area contributed by atoms with Crippen LogP contribution in [-0.2, 0) is 19.3 Å². The van der Waals surface area contributed by atoms with Crippen LogP contribution in [0.15, 0.2) is 0 Å². The van der Waals surface area contributed by atoms with Crippen molar-refractivity contribution in [2.75, 3.05) is 39.3 Å². The van der Waals surface area contributed by atoms with E-state index in [0.717, 1.165) is 63.7 Å². The van der Waals surface area contributed by atoms with Crippen LogP contribution in [0, 0.1) is 35.0 Å². The highest BCUT2D eigenvalue weighted by molar-refractivity contribution is 5.76. The number of piperazine rings is 1. The molecule has 7 aliphatic rings. The fraction of sp³-hybridized carbons (Fsp3) is 0.960. The molecule has 5 saturated carbocycles. The van der Waals surface area contributed by atoms with Gasteiger partial charge in [0.25, 0.3) is 0 Å². The highest BCUT2D eigenvalue weighted by Crippen LogP contribution is 2.79. The average Bonchev–Trinajstić information content (AvgIpc) is 3.38. The lowest BCUT2D eigenvalue weighted by molar-refractivity contribution is -0.375. The predicted molar refractivity (Wildman–Crippen MR) is 115 cm³/mol. The summed E-state index contributed by atoms with van der Waals surface area (Å²) in [5, 5.41) is 9.10. The lowest BCUT2D eigenvalue weighted by Crippen LogP contribution is -2.50. The summed E-state index contributed by atoms with van der Waals surface area (Å²) >= 11 is 0. The van der Waals surface area contributed by atoms with Gasteiger partial charge in [-0.05, 0) is 68.1 Å². The molecule has 3 spiro atoms. The monoisotopic (exact) mass is 446 g/mol. The van der Waals surface area contributed by atoms with Gasteiger partial charge < -0.3 is 14.7 Å². The van der Waals surface area contributed by atoms with E-state index in [1.54, 1.807) is 0 Å². The summed E-state index contributed by atoms with van der Waals surface area (Å²) in [6.07, 6.45) is 10.8. The number of aliphatic hydroxyl groups excluding tert-OH is 1. The molecule has 0 aromatic carbocycles. The van der Waals surface area contributed by atoms with Gasteiger partial charge in [-0.2, -0.15) is 9.78 Å². The molecule has 7 rings (SSSR count). The van der Waals surface area contributed by atoms with Crippen molar-refractivity contribution < 1.29 is 24.4 Å². The first-order valence-electron chi connectivity index (χ1n) is 13.2. The van der Waals surface area contributed by atoms with Crippen LogP contribution in [0.2, 0.25) is 0 Å². The Hall–Kier alpha value is -0.730. The number of hydrogen-bond donors (Lipinski definition) is 1. The van der Waals surface area contributed by atoms with Crippen LogP contribution in [0.5, 0.6) is 0 Å². The molecule has 1 N–H and O–H groups in total. The first kappa shape index (κ1) is 20.6. The number of carbonyl (C=O) groups is 1. The van der Waals surface area contributed by atoms with Gasteiger partial charge in [0, 0.05) is 63.8 Å². The van der Waals surface area contributed by atoms with E-state index in [1.165, 1.54) is 32.1 Å². The maximum Gasteiger partial charge on any atom is 0.222 e. The minimum absolute atomic E-state index is 0.191. The maximum absolute atomic E-state index is 12.9. The fourth-order valence-corrected chi connectivity index (χ4v) is 9.13. The molecule has 178 valence electrons. The van der Waals surface area contributed by atoms with Gasteiger partial charge in [0.2, 0.25) is 17.5 Å². The molecule has 4 unspecified atom stereocenters. The summed E-state index contributed by atoms with van der Waals surface area (Å²) in [6.45, 7) is 4.20. The van der Waals surface area contributed by atoms with E-state index in [1.807, 2.05) is 4.90 Å². The first-order valence-corrected chi connectivity index (χ1v) is 13.2. The summed E-state index contributed by atoms with van der Waals surface area (Å²) in [4.78, 5) is 29.4. The van der Waals surface area contributed by atoms with Crippen LogP contribution in [0.1, 0.15) is 64.2 Å². The molecule has 32 heavy (non-hydrogen) atoms. The number of amides is 1. The quantitative estimate of drug-likeness (QED) is 0.670. The zero-order valence-electron chi connectivity index (χ0n) is 19.2. The van der Waals surface area contributed by atoms with E-state index in [2.05, 4.69) is 4.90 Å². The number of β-amino-alcohol motifs (C(OH)–C–C–N with tert-alkyl or cyclic N) is 1. The number of rotatable bonds is 4. The molecule has 2 saturated heterocycles. The van der Waals surface area contributed by atoms with Gasteiger partial charge in [-0.15, -0.1) is 0 Å². The molecule has 3 bridgehead atoms. The normalized spacial score (nSPS) is 51.5. The Labute approximate surface area is 190 Å². The van der Waals surface area contributed by atoms with E-state index < -0.39 is 11.6 Å². The molecule has 0 aromatic rings. The SMILES string of the molecule is O=C(CC1CCC2(CC1)OOC1(O2)C2CC3CC4CC1CC34C2)N1CCN(CCO)CC1. The van der Waals surface area contributed by atoms with Gasteiger partial charge in [-0.25, -0.2) is 0 Å². The van der Waals surface area contributed by atoms with Gasteiger partial charge >= 0.3 is 0 Å². The Morgan fingerprint density at radius 3 is 2.22 bits per heavy atom. The molecule has 5 aliphatic carbocycles. The lowest BCUT2D eigenvalue weighted by Gasteiger charge is -2.49. The average molecular weight is 447 g/mol. The number of aliphatic hydroxyl groups is 1. The van der Waals surface area contributed by atoms with E-state index in [9.17, 15) is 4.79 Å². The Morgan fingerprint density at radius 2 is 1.56 bits per heavy atom. The molecule has 0 radical (unpaired) electrons. The molecule has 1 amide bonds. The van der Waals surface area contributed by atoms with Crippen LogP contribution in [-0.4, -0.2) is 71.7 Å². The molecular weight excluding hydrogens is 408 g/mol. The number of fused-ring (bicyclic) bond motifs is 4. The first-order chi connectivity index (χ1) is 15.5. The molecule has 2 heterocycles. The second kappa shape index (κ2) is 7.14. The van der Waals surface area contributed by atoms with Crippen molar-refractivity contribution in [3.8, 4) is 0 Å². The molecule has 7 nitrogen and oxygen atoms in total. The third-order valence-electron chi connectivity index (χ3n) is 10.9. The van der Waals surface area contributed by atoms with E-state index in [-0.39, 0.29) is 12.5 Å². The topological polar surface area (TPSA) is 71.5 Å². The van der Waals surface area contributed by atoms with Crippen molar-refractivity contribution in [2.45, 2.75) is 75.8 Å². The Bertz CT molecular complexity index is 748. The molecule has 7 fully saturated rings. The van der Waals surface area contributed by atoms with Crippen LogP contribution >= 0.6 is 0 Å². The van der Waals surface area contributed by atoms with Crippen molar-refractivity contribution in [2.24, 2.45) is 35.0 Å². The lowest BCUT2D eigenvalue weighted by atomic mass is 9.56. The van der Waals surface area contributed by atoms with Gasteiger partial charge in [0.05, 0.1) is 6.61 Å². The summed E-state index contributed by atoms with van der Waals surface area (Å²) < 4.78 is 6.88. The second-order valence-electron chi connectivity index (χ2n) is 12.1. The molecular formula is C25H38N2O5. The van der Waals surface area contributed by atoms with Crippen LogP contribution < -0.4 is 0 Å². The molecule has 2 aliphatic heterocycles. The van der Waals surface area contributed by atoms with Crippen LogP contribution in [0.4, 0.5) is 0 Å². The van der Waals surface area contributed by atoms with E-state index >= 15 is 0 Å². The number of hydrogen-bond acceptors (Lipinski definition) is 6. The predicted octanol–water partition coefficient (Wildman–Crippen LogP) is 2.53. The second-order valence-corrected chi connectivity index (χ2v) is 12.1. The number of nitrogens with zero attached hydrogens (tertiary/aromatic N) is 2. The summed E-state index contributed by atoms with van der Waals surface area (Å²) in [5.74, 6) is 2.50. The highest BCUT2D eigenvalue weighted by Gasteiger charge is 2.77. The Kier molecular flexibility index (Phi) is 4.60. The summed E-state index contributed by atoms with van der Waals surface area (Å²) in [6, 6.07) is 0. The van der Waals surface area contributed by atoms with Crippen molar-refractivity contribution >= 4 is 5.91 Å². The summed E-state index contributed by atoms with van der Waals surface area (Å²) in [5.41, 5.74) is 0.644. The van der Waals surface area contributed by atoms with Crippen molar-refractivity contribution in [3.05, 3.63) is 0 Å². The van der Waals surface area contributed by atoms with Crippen LogP contribution in [0.25, 0.3) is 0 Å². The fourth-order valence-electron chi connectivity index (χ4n) is 9.13. The van der Waals surface area contributed by atoms with Crippen LogP contribution in [0.3, 0.4) is 0 Å². The molecule has 4 atom stereocenters. The largest absolute Gasteiger partial charge is 0.395 e. The third-order valence-corrected chi connectivity index (χ3v) is 10.9. The number of ether oxygens (including phenoxy) is 1. The van der Waals surface area contributed by atoms with Gasteiger partial charge in [-0.1, -0.05) is 0 Å². The smallest absolute Gasteiger partial charge is 0.222 e. The number of carbonyl (C=O) groups excluding carboxylic acids is 1. The zero-order chi connectivity index (χ0) is 21.6. The highest BCUT2D eigenvalue weighted by atomic mass is 17.3. The Morgan fingerprint density at radius 1 is 0.906 bits per heavy atom. The minimum atomic E-state index is -0.579. The van der Waals surface area contributed by atoms with Crippen molar-refractivity contribution in [3.63, 3.8) is 0 Å². The van der Waals surface area contributed by atoms with Gasteiger partial charge in [-0.3, -0.25) is 9.69 Å². The summed E-state index contributed by atoms with van der Waals surface area (Å²) in [7, 11) is 0. The van der Waals surface area contributed by atoms with E-state index in [4.69, 9.17) is 19.6 Å². The maximum atomic E-state index is 12.9. The van der Waals surface area contributed by atoms with Gasteiger partial charge in [0.15, 0.2) is 0 Å². The third kappa shape index (κ3) is 2.81. The van der Waals surface area contributed by atoms with Crippen molar-refractivity contribution in [1.82, 2.24) is 9.80 Å².